The number of aromatic nitrogens is 1. The number of carboxylic acid groups (broad SMARTS) is 1. The van der Waals surface area contributed by atoms with Gasteiger partial charge in [0.25, 0.3) is 0 Å². The lowest BCUT2D eigenvalue weighted by molar-refractivity contribution is -0.149. The van der Waals surface area contributed by atoms with Crippen molar-refractivity contribution in [1.29, 1.82) is 0 Å². The van der Waals surface area contributed by atoms with E-state index in [1.165, 1.54) is 0 Å². The van der Waals surface area contributed by atoms with Gasteiger partial charge in [-0.05, 0) is 30.9 Å². The molecule has 2 aromatic rings. The van der Waals surface area contributed by atoms with Crippen LogP contribution in [0.15, 0.2) is 28.8 Å². The zero-order valence-electron chi connectivity index (χ0n) is 12.7. The van der Waals surface area contributed by atoms with Crippen LogP contribution in [0, 0.1) is 11.3 Å². The van der Waals surface area contributed by atoms with Gasteiger partial charge in [0.15, 0.2) is 5.58 Å². The van der Waals surface area contributed by atoms with E-state index in [9.17, 15) is 14.7 Å². The molecular weight excluding hydrogens is 296 g/mol. The minimum atomic E-state index is -0.762. The van der Waals surface area contributed by atoms with Crippen LogP contribution in [0.25, 0.3) is 11.0 Å². The molecule has 2 fully saturated rings. The molecule has 0 radical (unpaired) electrons. The van der Waals surface area contributed by atoms with E-state index in [1.807, 2.05) is 24.3 Å². The van der Waals surface area contributed by atoms with Gasteiger partial charge in [0, 0.05) is 18.5 Å². The number of rotatable bonds is 3. The summed E-state index contributed by atoms with van der Waals surface area (Å²) in [5, 5.41) is 14.4. The molecule has 0 spiro atoms. The van der Waals surface area contributed by atoms with Crippen molar-refractivity contribution in [2.45, 2.75) is 25.7 Å². The van der Waals surface area contributed by atoms with Crippen molar-refractivity contribution in [2.75, 3.05) is 13.1 Å². The molecular formula is C17H18N2O4. The third kappa shape index (κ3) is 2.12. The van der Waals surface area contributed by atoms with Gasteiger partial charge in [0.2, 0.25) is 5.91 Å². The topological polar surface area (TPSA) is 83.6 Å². The molecule has 4 rings (SSSR count). The standard InChI is InChI=1S/C17H18N2O4/c20-15(8-13-12-5-1-2-6-14(12)23-18-13)19-9-11-4-3-7-17(11,10-19)16(21)22/h1-2,5-6,11H,3-4,7-10H2,(H,21,22)/t11-,17+/m0/s1. The van der Waals surface area contributed by atoms with E-state index in [2.05, 4.69) is 5.16 Å². The number of likely N-dealkylation sites (tertiary alicyclic amines) is 1. The zero-order chi connectivity index (χ0) is 16.0. The molecule has 6 heteroatoms. The molecule has 1 aromatic carbocycles. The van der Waals surface area contributed by atoms with Crippen LogP contribution in [0.2, 0.25) is 0 Å². The van der Waals surface area contributed by atoms with E-state index in [-0.39, 0.29) is 18.2 Å². The number of aliphatic carboxylic acids is 1. The predicted molar refractivity (Wildman–Crippen MR) is 81.7 cm³/mol. The monoisotopic (exact) mass is 314 g/mol. The van der Waals surface area contributed by atoms with Crippen LogP contribution in [-0.4, -0.2) is 40.1 Å². The Bertz CT molecular complexity index is 784. The first-order valence-electron chi connectivity index (χ1n) is 7.94. The maximum Gasteiger partial charge on any atom is 0.311 e. The van der Waals surface area contributed by atoms with Gasteiger partial charge >= 0.3 is 5.97 Å². The average Bonchev–Trinajstić information content (AvgIpc) is 3.19. The number of fused-ring (bicyclic) bond motifs is 2. The smallest absolute Gasteiger partial charge is 0.311 e. The molecule has 1 N–H and O–H groups in total. The molecule has 1 saturated heterocycles. The number of benzene rings is 1. The summed E-state index contributed by atoms with van der Waals surface area (Å²) >= 11 is 0. The molecule has 2 atom stereocenters. The second-order valence-electron chi connectivity index (χ2n) is 6.63. The fourth-order valence-electron chi connectivity index (χ4n) is 4.15. The van der Waals surface area contributed by atoms with Crippen molar-refractivity contribution in [3.8, 4) is 0 Å². The second-order valence-corrected chi connectivity index (χ2v) is 6.63. The average molecular weight is 314 g/mol. The Morgan fingerprint density at radius 3 is 3.00 bits per heavy atom. The molecule has 1 aliphatic heterocycles. The van der Waals surface area contributed by atoms with Crippen molar-refractivity contribution < 1.29 is 19.2 Å². The summed E-state index contributed by atoms with van der Waals surface area (Å²) in [6.07, 6.45) is 2.65. The number of carbonyl (C=O) groups is 2. The number of amides is 1. The molecule has 0 bridgehead atoms. The lowest BCUT2D eigenvalue weighted by Gasteiger charge is -2.23. The van der Waals surface area contributed by atoms with Crippen molar-refractivity contribution >= 4 is 22.8 Å². The minimum Gasteiger partial charge on any atom is -0.481 e. The van der Waals surface area contributed by atoms with Crippen molar-refractivity contribution in [2.24, 2.45) is 11.3 Å². The van der Waals surface area contributed by atoms with Gasteiger partial charge in [-0.25, -0.2) is 0 Å². The van der Waals surface area contributed by atoms with E-state index in [1.54, 1.807) is 4.90 Å². The molecule has 2 heterocycles. The summed E-state index contributed by atoms with van der Waals surface area (Å²) in [5.74, 6) is -0.751. The van der Waals surface area contributed by atoms with Crippen LogP contribution < -0.4 is 0 Å². The second kappa shape index (κ2) is 5.08. The predicted octanol–water partition coefficient (Wildman–Crippen LogP) is 2.08. The quantitative estimate of drug-likeness (QED) is 0.938. The van der Waals surface area contributed by atoms with E-state index in [4.69, 9.17) is 4.52 Å². The number of para-hydroxylation sites is 1. The SMILES string of the molecule is O=C(Cc1noc2ccccc12)N1C[C@@H]2CCC[C@@]2(C(=O)O)C1. The maximum atomic E-state index is 12.6. The maximum absolute atomic E-state index is 12.6. The van der Waals surface area contributed by atoms with Gasteiger partial charge in [-0.2, -0.15) is 0 Å². The molecule has 23 heavy (non-hydrogen) atoms. The lowest BCUT2D eigenvalue weighted by atomic mass is 9.81. The molecule has 1 aliphatic carbocycles. The number of hydrogen-bond acceptors (Lipinski definition) is 4. The molecule has 2 aliphatic rings. The van der Waals surface area contributed by atoms with E-state index < -0.39 is 11.4 Å². The molecule has 120 valence electrons. The van der Waals surface area contributed by atoms with Crippen LogP contribution >= 0.6 is 0 Å². The lowest BCUT2D eigenvalue weighted by Crippen LogP contribution is -2.37. The van der Waals surface area contributed by atoms with Gasteiger partial charge < -0.3 is 14.5 Å². The molecule has 1 saturated carbocycles. The third-order valence-corrected chi connectivity index (χ3v) is 5.42. The van der Waals surface area contributed by atoms with Gasteiger partial charge in [-0.15, -0.1) is 0 Å². The highest BCUT2D eigenvalue weighted by Gasteiger charge is 2.55. The van der Waals surface area contributed by atoms with Crippen molar-refractivity contribution in [1.82, 2.24) is 10.1 Å². The molecule has 0 unspecified atom stereocenters. The van der Waals surface area contributed by atoms with Crippen molar-refractivity contribution in [3.05, 3.63) is 30.0 Å². The minimum absolute atomic E-state index is 0.0703. The highest BCUT2D eigenvalue weighted by atomic mass is 16.5. The first-order valence-corrected chi connectivity index (χ1v) is 7.94. The Morgan fingerprint density at radius 2 is 2.22 bits per heavy atom. The third-order valence-electron chi connectivity index (χ3n) is 5.42. The fraction of sp³-hybridized carbons (Fsp3) is 0.471. The number of hydrogen-bond donors (Lipinski definition) is 1. The first-order chi connectivity index (χ1) is 11.1. The van der Waals surface area contributed by atoms with Crippen LogP contribution in [0.4, 0.5) is 0 Å². The highest BCUT2D eigenvalue weighted by molar-refractivity contribution is 5.87. The summed E-state index contributed by atoms with van der Waals surface area (Å²) in [6.45, 7) is 0.864. The Hall–Kier alpha value is -2.37. The Balaban J connectivity index is 1.53. The zero-order valence-corrected chi connectivity index (χ0v) is 12.7. The number of carbonyl (C=O) groups excluding carboxylic acids is 1. The largest absolute Gasteiger partial charge is 0.481 e. The van der Waals surface area contributed by atoms with Crippen LogP contribution in [-0.2, 0) is 16.0 Å². The van der Waals surface area contributed by atoms with Gasteiger partial charge in [-0.1, -0.05) is 23.7 Å². The Morgan fingerprint density at radius 1 is 1.39 bits per heavy atom. The van der Waals surface area contributed by atoms with Crippen LogP contribution in [0.3, 0.4) is 0 Å². The summed E-state index contributed by atoms with van der Waals surface area (Å²) in [6, 6.07) is 7.44. The van der Waals surface area contributed by atoms with Gasteiger partial charge in [0.1, 0.15) is 5.69 Å². The number of nitrogens with zero attached hydrogens (tertiary/aromatic N) is 2. The Kier molecular flexibility index (Phi) is 3.14. The van der Waals surface area contributed by atoms with E-state index in [0.29, 0.717) is 30.8 Å². The van der Waals surface area contributed by atoms with Gasteiger partial charge in [0.05, 0.1) is 11.8 Å². The molecule has 6 nitrogen and oxygen atoms in total. The fourth-order valence-corrected chi connectivity index (χ4v) is 4.15. The summed E-state index contributed by atoms with van der Waals surface area (Å²) in [7, 11) is 0. The van der Waals surface area contributed by atoms with E-state index in [0.717, 1.165) is 18.2 Å². The summed E-state index contributed by atoms with van der Waals surface area (Å²) in [4.78, 5) is 26.0. The summed E-state index contributed by atoms with van der Waals surface area (Å²) in [5.41, 5.74) is 0.546. The normalized spacial score (nSPS) is 26.6. The van der Waals surface area contributed by atoms with Crippen LogP contribution in [0.1, 0.15) is 25.0 Å². The van der Waals surface area contributed by atoms with Gasteiger partial charge in [-0.3, -0.25) is 9.59 Å². The first kappa shape index (κ1) is 14.2. The Labute approximate surface area is 133 Å². The van der Waals surface area contributed by atoms with Crippen LogP contribution in [0.5, 0.6) is 0 Å². The molecule has 1 aromatic heterocycles. The molecule has 1 amide bonds. The number of carboxylic acids is 1. The van der Waals surface area contributed by atoms with E-state index >= 15 is 0 Å². The summed E-state index contributed by atoms with van der Waals surface area (Å²) < 4.78 is 5.23. The van der Waals surface area contributed by atoms with Crippen molar-refractivity contribution in [3.63, 3.8) is 0 Å². The highest BCUT2D eigenvalue weighted by Crippen LogP contribution is 2.48.